The molecule has 0 aliphatic rings. The molecule has 2 atom stereocenters. The number of ketones is 1. The number of carbonyl (C=O) groups is 2. The lowest BCUT2D eigenvalue weighted by Gasteiger charge is -2.19. The van der Waals surface area contributed by atoms with Crippen LogP contribution in [0.15, 0.2) is 0 Å². The summed E-state index contributed by atoms with van der Waals surface area (Å²) in [6.07, 6.45) is 0. The molecule has 100 valence electrons. The van der Waals surface area contributed by atoms with Crippen LogP contribution in [0.1, 0.15) is 34.6 Å². The standard InChI is InChI=1S/C12H23NO3S/c1-8(2)6-17(16)7-11(15)13-12(9(3)4)10(5)14/h8-9,12H,6-7H2,1-5H3,(H,13,15). The zero-order chi connectivity index (χ0) is 13.6. The summed E-state index contributed by atoms with van der Waals surface area (Å²) in [6, 6.07) is -0.474. The molecule has 1 amide bonds. The Labute approximate surface area is 106 Å². The van der Waals surface area contributed by atoms with E-state index in [9.17, 15) is 13.8 Å². The van der Waals surface area contributed by atoms with Gasteiger partial charge in [-0.1, -0.05) is 27.7 Å². The maximum atomic E-state index is 11.6. The molecule has 5 heteroatoms. The normalized spacial score (nSPS) is 14.8. The number of Topliss-reactive ketones (excluding diaryl/α,β-unsaturated/α-hetero) is 1. The van der Waals surface area contributed by atoms with Gasteiger partial charge >= 0.3 is 0 Å². The lowest BCUT2D eigenvalue weighted by atomic mass is 10.0. The van der Waals surface area contributed by atoms with Crippen molar-refractivity contribution < 1.29 is 13.8 Å². The highest BCUT2D eigenvalue weighted by atomic mass is 32.2. The summed E-state index contributed by atoms with van der Waals surface area (Å²) in [5.74, 6) is 0.474. The van der Waals surface area contributed by atoms with E-state index in [1.807, 2.05) is 27.7 Å². The highest BCUT2D eigenvalue weighted by Crippen LogP contribution is 2.03. The van der Waals surface area contributed by atoms with Gasteiger partial charge in [-0.15, -0.1) is 0 Å². The minimum absolute atomic E-state index is 0.0192. The predicted molar refractivity (Wildman–Crippen MR) is 70.2 cm³/mol. The second-order valence-corrected chi connectivity index (χ2v) is 6.55. The van der Waals surface area contributed by atoms with Crippen molar-refractivity contribution in [1.82, 2.24) is 5.32 Å². The third kappa shape index (κ3) is 7.26. The summed E-state index contributed by atoms with van der Waals surface area (Å²) in [6.45, 7) is 9.12. The van der Waals surface area contributed by atoms with Crippen molar-refractivity contribution in [2.24, 2.45) is 11.8 Å². The lowest BCUT2D eigenvalue weighted by molar-refractivity contribution is -0.126. The Balaban J connectivity index is 4.25. The molecule has 4 nitrogen and oxygen atoms in total. The predicted octanol–water partition coefficient (Wildman–Crippen LogP) is 1.12. The summed E-state index contributed by atoms with van der Waals surface area (Å²) < 4.78 is 11.6. The Morgan fingerprint density at radius 3 is 2.06 bits per heavy atom. The first-order valence-electron chi connectivity index (χ1n) is 5.88. The van der Waals surface area contributed by atoms with Crippen molar-refractivity contribution in [3.63, 3.8) is 0 Å². The van der Waals surface area contributed by atoms with E-state index in [4.69, 9.17) is 0 Å². The van der Waals surface area contributed by atoms with Crippen molar-refractivity contribution in [1.29, 1.82) is 0 Å². The molecule has 0 rings (SSSR count). The Hall–Kier alpha value is -0.710. The van der Waals surface area contributed by atoms with Gasteiger partial charge in [-0.25, -0.2) is 0 Å². The van der Waals surface area contributed by atoms with E-state index in [-0.39, 0.29) is 23.4 Å². The van der Waals surface area contributed by atoms with Crippen LogP contribution in [-0.4, -0.2) is 33.4 Å². The second-order valence-electron chi connectivity index (χ2n) is 5.04. The van der Waals surface area contributed by atoms with Crippen LogP contribution in [0.5, 0.6) is 0 Å². The van der Waals surface area contributed by atoms with Crippen molar-refractivity contribution in [2.75, 3.05) is 11.5 Å². The van der Waals surface area contributed by atoms with Crippen LogP contribution in [-0.2, 0) is 20.4 Å². The van der Waals surface area contributed by atoms with Crippen molar-refractivity contribution >= 4 is 22.5 Å². The van der Waals surface area contributed by atoms with Gasteiger partial charge < -0.3 is 5.32 Å². The van der Waals surface area contributed by atoms with Gasteiger partial charge in [-0.3, -0.25) is 13.8 Å². The van der Waals surface area contributed by atoms with E-state index in [0.29, 0.717) is 11.7 Å². The second kappa shape index (κ2) is 7.58. The van der Waals surface area contributed by atoms with Gasteiger partial charge in [-0.2, -0.15) is 0 Å². The molecule has 17 heavy (non-hydrogen) atoms. The smallest absolute Gasteiger partial charge is 0.233 e. The molecule has 0 aromatic carbocycles. The Morgan fingerprint density at radius 1 is 1.18 bits per heavy atom. The van der Waals surface area contributed by atoms with Gasteiger partial charge in [-0.05, 0) is 18.8 Å². The molecule has 0 bridgehead atoms. The van der Waals surface area contributed by atoms with Crippen molar-refractivity contribution in [3.8, 4) is 0 Å². The van der Waals surface area contributed by atoms with Crippen LogP contribution >= 0.6 is 0 Å². The minimum Gasteiger partial charge on any atom is -0.345 e. The summed E-state index contributed by atoms with van der Waals surface area (Å²) >= 11 is 0. The first kappa shape index (κ1) is 16.3. The Bertz CT molecular complexity index is 300. The summed E-state index contributed by atoms with van der Waals surface area (Å²) in [4.78, 5) is 22.9. The SMILES string of the molecule is CC(=O)C(NC(=O)CS(=O)CC(C)C)C(C)C. The van der Waals surface area contributed by atoms with E-state index in [0.717, 1.165) is 0 Å². The fourth-order valence-corrected chi connectivity index (χ4v) is 2.77. The van der Waals surface area contributed by atoms with Gasteiger partial charge in [0.2, 0.25) is 5.91 Å². The molecule has 1 N–H and O–H groups in total. The first-order valence-corrected chi connectivity index (χ1v) is 7.37. The van der Waals surface area contributed by atoms with Crippen LogP contribution in [0, 0.1) is 11.8 Å². The molecular weight excluding hydrogens is 238 g/mol. The average molecular weight is 261 g/mol. The van der Waals surface area contributed by atoms with E-state index >= 15 is 0 Å². The van der Waals surface area contributed by atoms with E-state index < -0.39 is 16.8 Å². The summed E-state index contributed by atoms with van der Waals surface area (Å²) in [5, 5.41) is 2.64. The highest BCUT2D eigenvalue weighted by molar-refractivity contribution is 7.85. The van der Waals surface area contributed by atoms with E-state index in [2.05, 4.69) is 5.32 Å². The number of nitrogens with one attached hydrogen (secondary N) is 1. The molecule has 0 aromatic rings. The fourth-order valence-electron chi connectivity index (χ4n) is 1.53. The number of amides is 1. The van der Waals surface area contributed by atoms with E-state index in [1.165, 1.54) is 6.92 Å². The van der Waals surface area contributed by atoms with Crippen molar-refractivity contribution in [2.45, 2.75) is 40.7 Å². The minimum atomic E-state index is -1.15. The zero-order valence-corrected chi connectivity index (χ0v) is 12.1. The molecule has 0 spiro atoms. The molecular formula is C12H23NO3S. The van der Waals surface area contributed by atoms with Crippen LogP contribution in [0.4, 0.5) is 0 Å². The molecule has 0 saturated heterocycles. The molecule has 0 radical (unpaired) electrons. The number of carbonyl (C=O) groups excluding carboxylic acids is 2. The van der Waals surface area contributed by atoms with Crippen LogP contribution < -0.4 is 5.32 Å². The maximum Gasteiger partial charge on any atom is 0.233 e. The maximum absolute atomic E-state index is 11.6. The fraction of sp³-hybridized carbons (Fsp3) is 0.833. The van der Waals surface area contributed by atoms with Gasteiger partial charge in [0.15, 0.2) is 5.78 Å². The molecule has 0 fully saturated rings. The van der Waals surface area contributed by atoms with Crippen LogP contribution in [0.2, 0.25) is 0 Å². The van der Waals surface area contributed by atoms with Gasteiger partial charge in [0, 0.05) is 16.6 Å². The first-order chi connectivity index (χ1) is 7.73. The highest BCUT2D eigenvalue weighted by Gasteiger charge is 2.21. The average Bonchev–Trinajstić information content (AvgIpc) is 2.11. The largest absolute Gasteiger partial charge is 0.345 e. The summed E-state index contributed by atoms with van der Waals surface area (Å²) in [5.41, 5.74) is 0. The number of hydrogen-bond acceptors (Lipinski definition) is 3. The summed E-state index contributed by atoms with van der Waals surface area (Å²) in [7, 11) is -1.15. The van der Waals surface area contributed by atoms with Crippen LogP contribution in [0.3, 0.4) is 0 Å². The monoisotopic (exact) mass is 261 g/mol. The van der Waals surface area contributed by atoms with Crippen LogP contribution in [0.25, 0.3) is 0 Å². The number of hydrogen-bond donors (Lipinski definition) is 1. The van der Waals surface area contributed by atoms with Gasteiger partial charge in [0.05, 0.1) is 6.04 Å². The molecule has 0 aromatic heterocycles. The third-order valence-corrected chi connectivity index (χ3v) is 3.86. The van der Waals surface area contributed by atoms with Crippen molar-refractivity contribution in [3.05, 3.63) is 0 Å². The molecule has 0 aliphatic heterocycles. The molecule has 0 saturated carbocycles. The third-order valence-electron chi connectivity index (χ3n) is 2.23. The molecule has 0 aliphatic carbocycles. The lowest BCUT2D eigenvalue weighted by Crippen LogP contribution is -2.45. The van der Waals surface area contributed by atoms with Gasteiger partial charge in [0.1, 0.15) is 5.75 Å². The zero-order valence-electron chi connectivity index (χ0n) is 11.3. The Kier molecular flexibility index (Phi) is 7.27. The molecule has 2 unspecified atom stereocenters. The Morgan fingerprint density at radius 2 is 1.71 bits per heavy atom. The van der Waals surface area contributed by atoms with Gasteiger partial charge in [0.25, 0.3) is 0 Å². The quantitative estimate of drug-likeness (QED) is 0.747. The van der Waals surface area contributed by atoms with E-state index in [1.54, 1.807) is 0 Å². The molecule has 0 heterocycles. The number of rotatable bonds is 7. The topological polar surface area (TPSA) is 63.2 Å².